The molecule has 0 amide bonds. The lowest BCUT2D eigenvalue weighted by Crippen LogP contribution is -2.21. The molecule has 0 fully saturated rings. The van der Waals surface area contributed by atoms with Gasteiger partial charge in [0.15, 0.2) is 0 Å². The SMILES string of the molecule is CCCCCC(C)(C)OC=Cc1ccccc1. The topological polar surface area (TPSA) is 9.23 Å². The first-order valence-electron chi connectivity index (χ1n) is 6.53. The first-order valence-corrected chi connectivity index (χ1v) is 6.53. The van der Waals surface area contributed by atoms with E-state index in [0.29, 0.717) is 0 Å². The summed E-state index contributed by atoms with van der Waals surface area (Å²) in [4.78, 5) is 0. The molecule has 0 unspecified atom stereocenters. The summed E-state index contributed by atoms with van der Waals surface area (Å²) in [6, 6.07) is 10.2. The van der Waals surface area contributed by atoms with Crippen LogP contribution in [-0.2, 0) is 4.74 Å². The molecule has 0 N–H and O–H groups in total. The highest BCUT2D eigenvalue weighted by atomic mass is 16.5. The van der Waals surface area contributed by atoms with Crippen LogP contribution in [0.3, 0.4) is 0 Å². The fraction of sp³-hybridized carbons (Fsp3) is 0.500. The second-order valence-electron chi connectivity index (χ2n) is 5.05. The van der Waals surface area contributed by atoms with Crippen molar-refractivity contribution in [3.8, 4) is 0 Å². The van der Waals surface area contributed by atoms with E-state index in [9.17, 15) is 0 Å². The van der Waals surface area contributed by atoms with Crippen LogP contribution in [0.2, 0.25) is 0 Å². The quantitative estimate of drug-likeness (QED) is 0.473. The maximum Gasteiger partial charge on any atom is 0.103 e. The molecule has 0 aromatic heterocycles. The molecule has 1 nitrogen and oxygen atoms in total. The Bertz CT molecular complexity index is 325. The van der Waals surface area contributed by atoms with Gasteiger partial charge >= 0.3 is 0 Å². The average molecular weight is 232 g/mol. The number of hydrogen-bond acceptors (Lipinski definition) is 1. The summed E-state index contributed by atoms with van der Waals surface area (Å²) in [6.45, 7) is 6.53. The minimum absolute atomic E-state index is 0.0551. The van der Waals surface area contributed by atoms with Gasteiger partial charge in [-0.2, -0.15) is 0 Å². The molecule has 1 aromatic rings. The minimum Gasteiger partial charge on any atom is -0.495 e. The standard InChI is InChI=1S/C16H24O/c1-4-5-9-13-16(2,3)17-14-12-15-10-7-6-8-11-15/h6-8,10-12,14H,4-5,9,13H2,1-3H3. The van der Waals surface area contributed by atoms with E-state index >= 15 is 0 Å². The molecule has 1 heteroatoms. The summed E-state index contributed by atoms with van der Waals surface area (Å²) in [5.74, 6) is 0. The van der Waals surface area contributed by atoms with Crippen LogP contribution in [0.5, 0.6) is 0 Å². The van der Waals surface area contributed by atoms with Gasteiger partial charge in [-0.3, -0.25) is 0 Å². The number of rotatable bonds is 7. The van der Waals surface area contributed by atoms with E-state index < -0.39 is 0 Å². The lowest BCUT2D eigenvalue weighted by molar-refractivity contribution is 0.0484. The third kappa shape index (κ3) is 6.15. The molecule has 0 saturated heterocycles. The molecule has 0 aliphatic rings. The monoisotopic (exact) mass is 232 g/mol. The van der Waals surface area contributed by atoms with Crippen LogP contribution in [-0.4, -0.2) is 5.60 Å². The Morgan fingerprint density at radius 1 is 1.12 bits per heavy atom. The van der Waals surface area contributed by atoms with E-state index in [1.165, 1.54) is 24.8 Å². The Hall–Kier alpha value is -1.24. The summed E-state index contributed by atoms with van der Waals surface area (Å²) >= 11 is 0. The second-order valence-corrected chi connectivity index (χ2v) is 5.05. The second kappa shape index (κ2) is 7.16. The van der Waals surface area contributed by atoms with Gasteiger partial charge in [-0.1, -0.05) is 50.1 Å². The number of benzene rings is 1. The van der Waals surface area contributed by atoms with Gasteiger partial charge in [0, 0.05) is 0 Å². The third-order valence-electron chi connectivity index (χ3n) is 2.83. The van der Waals surface area contributed by atoms with Gasteiger partial charge in [-0.05, 0) is 38.3 Å². The Kier molecular flexibility index (Phi) is 5.82. The van der Waals surface area contributed by atoms with Crippen molar-refractivity contribution >= 4 is 6.08 Å². The van der Waals surface area contributed by atoms with Crippen molar-refractivity contribution < 1.29 is 4.74 Å². The van der Waals surface area contributed by atoms with Crippen LogP contribution in [0.4, 0.5) is 0 Å². The maximum absolute atomic E-state index is 5.80. The Morgan fingerprint density at radius 3 is 2.47 bits per heavy atom. The van der Waals surface area contributed by atoms with Gasteiger partial charge in [0.2, 0.25) is 0 Å². The van der Waals surface area contributed by atoms with Gasteiger partial charge in [0.25, 0.3) is 0 Å². The zero-order valence-corrected chi connectivity index (χ0v) is 11.3. The number of ether oxygens (including phenoxy) is 1. The highest BCUT2D eigenvalue weighted by Crippen LogP contribution is 2.19. The Morgan fingerprint density at radius 2 is 1.82 bits per heavy atom. The molecule has 0 saturated carbocycles. The molecule has 0 atom stereocenters. The van der Waals surface area contributed by atoms with Gasteiger partial charge in [-0.25, -0.2) is 0 Å². The lowest BCUT2D eigenvalue weighted by Gasteiger charge is -2.24. The maximum atomic E-state index is 5.80. The van der Waals surface area contributed by atoms with Crippen molar-refractivity contribution in [1.29, 1.82) is 0 Å². The molecule has 94 valence electrons. The van der Waals surface area contributed by atoms with Gasteiger partial charge in [0.05, 0.1) is 6.26 Å². The van der Waals surface area contributed by atoms with Gasteiger partial charge in [0.1, 0.15) is 5.60 Å². The summed E-state index contributed by atoms with van der Waals surface area (Å²) in [5, 5.41) is 0. The van der Waals surface area contributed by atoms with Crippen LogP contribution >= 0.6 is 0 Å². The van der Waals surface area contributed by atoms with Crippen LogP contribution in [0.1, 0.15) is 52.0 Å². The largest absolute Gasteiger partial charge is 0.495 e. The normalized spacial score (nSPS) is 11.9. The lowest BCUT2D eigenvalue weighted by atomic mass is 10.0. The zero-order chi connectivity index (χ0) is 12.6. The fourth-order valence-corrected chi connectivity index (χ4v) is 1.72. The van der Waals surface area contributed by atoms with E-state index in [2.05, 4.69) is 32.9 Å². The molecule has 17 heavy (non-hydrogen) atoms. The fourth-order valence-electron chi connectivity index (χ4n) is 1.72. The highest BCUT2D eigenvalue weighted by Gasteiger charge is 2.16. The van der Waals surface area contributed by atoms with E-state index in [4.69, 9.17) is 4.74 Å². The summed E-state index contributed by atoms with van der Waals surface area (Å²) in [6.07, 6.45) is 8.73. The molecule has 0 spiro atoms. The summed E-state index contributed by atoms with van der Waals surface area (Å²) < 4.78 is 5.80. The van der Waals surface area contributed by atoms with E-state index in [1.807, 2.05) is 30.5 Å². The zero-order valence-electron chi connectivity index (χ0n) is 11.3. The van der Waals surface area contributed by atoms with Crippen molar-refractivity contribution in [3.63, 3.8) is 0 Å². The minimum atomic E-state index is -0.0551. The van der Waals surface area contributed by atoms with E-state index in [1.54, 1.807) is 0 Å². The van der Waals surface area contributed by atoms with Crippen molar-refractivity contribution in [3.05, 3.63) is 42.2 Å². The Labute approximate surface area is 106 Å². The number of hydrogen-bond donors (Lipinski definition) is 0. The van der Waals surface area contributed by atoms with Gasteiger partial charge in [-0.15, -0.1) is 0 Å². The highest BCUT2D eigenvalue weighted by molar-refractivity contribution is 5.47. The molecule has 1 aromatic carbocycles. The van der Waals surface area contributed by atoms with E-state index in [0.717, 1.165) is 6.42 Å². The number of unbranched alkanes of at least 4 members (excludes halogenated alkanes) is 2. The Balaban J connectivity index is 2.36. The first-order chi connectivity index (χ1) is 8.14. The molecule has 0 bridgehead atoms. The van der Waals surface area contributed by atoms with Crippen LogP contribution in [0.15, 0.2) is 36.6 Å². The van der Waals surface area contributed by atoms with Crippen LogP contribution in [0.25, 0.3) is 6.08 Å². The average Bonchev–Trinajstić information content (AvgIpc) is 2.30. The summed E-state index contributed by atoms with van der Waals surface area (Å²) in [7, 11) is 0. The molecule has 0 aliphatic heterocycles. The molecule has 0 heterocycles. The van der Waals surface area contributed by atoms with Gasteiger partial charge < -0.3 is 4.74 Å². The van der Waals surface area contributed by atoms with E-state index in [-0.39, 0.29) is 5.60 Å². The third-order valence-corrected chi connectivity index (χ3v) is 2.83. The van der Waals surface area contributed by atoms with Crippen molar-refractivity contribution in [1.82, 2.24) is 0 Å². The molecule has 0 aliphatic carbocycles. The van der Waals surface area contributed by atoms with Crippen molar-refractivity contribution in [2.24, 2.45) is 0 Å². The molecular formula is C16H24O. The predicted molar refractivity (Wildman–Crippen MR) is 74.8 cm³/mol. The van der Waals surface area contributed by atoms with Crippen molar-refractivity contribution in [2.45, 2.75) is 52.1 Å². The van der Waals surface area contributed by atoms with Crippen molar-refractivity contribution in [2.75, 3.05) is 0 Å². The van der Waals surface area contributed by atoms with Crippen LogP contribution in [0, 0.1) is 0 Å². The molecular weight excluding hydrogens is 208 g/mol. The molecule has 1 rings (SSSR count). The van der Waals surface area contributed by atoms with Crippen LogP contribution < -0.4 is 0 Å². The smallest absolute Gasteiger partial charge is 0.103 e. The predicted octanol–water partition coefficient (Wildman–Crippen LogP) is 5.03. The molecule has 0 radical (unpaired) electrons. The first kappa shape index (κ1) is 13.8. The summed E-state index contributed by atoms with van der Waals surface area (Å²) in [5.41, 5.74) is 1.12.